The maximum atomic E-state index is 12.7. The van der Waals surface area contributed by atoms with E-state index in [0.717, 1.165) is 30.5 Å². The molecule has 1 aliphatic carbocycles. The molecule has 2 fully saturated rings. The Morgan fingerprint density at radius 2 is 2.17 bits per heavy atom. The van der Waals surface area contributed by atoms with Gasteiger partial charge >= 0.3 is 0 Å². The standard InChI is InChI=1S/C17H17ClN4O2/c1-24-13-10-20-14(18)9-12(13)11-2-5-19-15(8-11)22-7-6-21-17(3-4-17)16(22)23/h2,5,8-10,21H,3-4,6-7H2,1H3. The second kappa shape index (κ2) is 5.72. The molecule has 0 unspecified atom stereocenters. The second-order valence-electron chi connectivity index (χ2n) is 6.08. The Morgan fingerprint density at radius 3 is 2.92 bits per heavy atom. The first-order valence-corrected chi connectivity index (χ1v) is 8.24. The molecule has 1 aliphatic heterocycles. The molecule has 1 saturated heterocycles. The molecule has 24 heavy (non-hydrogen) atoms. The zero-order valence-electron chi connectivity index (χ0n) is 13.3. The lowest BCUT2D eigenvalue weighted by molar-refractivity contribution is -0.122. The van der Waals surface area contributed by atoms with Gasteiger partial charge in [0.2, 0.25) is 5.91 Å². The monoisotopic (exact) mass is 344 g/mol. The third-order valence-electron chi connectivity index (χ3n) is 4.59. The Morgan fingerprint density at radius 1 is 1.33 bits per heavy atom. The Labute approximate surface area is 144 Å². The lowest BCUT2D eigenvalue weighted by Gasteiger charge is -2.32. The number of aromatic nitrogens is 2. The van der Waals surface area contributed by atoms with Gasteiger partial charge in [-0.3, -0.25) is 9.69 Å². The Kier molecular flexibility index (Phi) is 3.66. The molecule has 4 rings (SSSR count). The van der Waals surface area contributed by atoms with E-state index in [1.807, 2.05) is 12.1 Å². The highest BCUT2D eigenvalue weighted by atomic mass is 35.5. The number of rotatable bonds is 3. The average Bonchev–Trinajstić information content (AvgIpc) is 3.38. The molecule has 0 aromatic carbocycles. The van der Waals surface area contributed by atoms with Gasteiger partial charge in [0.15, 0.2) is 0 Å². The lowest BCUT2D eigenvalue weighted by Crippen LogP contribution is -2.57. The number of halogens is 1. The van der Waals surface area contributed by atoms with Crippen molar-refractivity contribution < 1.29 is 9.53 Å². The van der Waals surface area contributed by atoms with Crippen molar-refractivity contribution in [3.63, 3.8) is 0 Å². The predicted octanol–water partition coefficient (Wildman–Crippen LogP) is 2.27. The van der Waals surface area contributed by atoms with Crippen molar-refractivity contribution in [2.24, 2.45) is 0 Å². The summed E-state index contributed by atoms with van der Waals surface area (Å²) < 4.78 is 5.37. The number of hydrogen-bond acceptors (Lipinski definition) is 5. The summed E-state index contributed by atoms with van der Waals surface area (Å²) in [7, 11) is 1.59. The summed E-state index contributed by atoms with van der Waals surface area (Å²) in [5, 5.41) is 3.71. The van der Waals surface area contributed by atoms with E-state index in [9.17, 15) is 4.79 Å². The molecule has 1 spiro atoms. The Bertz CT molecular complexity index is 807. The summed E-state index contributed by atoms with van der Waals surface area (Å²) in [6.07, 6.45) is 5.09. The van der Waals surface area contributed by atoms with Gasteiger partial charge in [-0.1, -0.05) is 11.6 Å². The maximum absolute atomic E-state index is 12.7. The molecule has 6 nitrogen and oxygen atoms in total. The number of piperazine rings is 1. The highest BCUT2D eigenvalue weighted by Crippen LogP contribution is 2.40. The number of ether oxygens (including phenoxy) is 1. The van der Waals surface area contributed by atoms with Crippen LogP contribution in [0.3, 0.4) is 0 Å². The van der Waals surface area contributed by atoms with E-state index in [-0.39, 0.29) is 11.4 Å². The van der Waals surface area contributed by atoms with Gasteiger partial charge in [0.1, 0.15) is 16.7 Å². The smallest absolute Gasteiger partial charge is 0.248 e. The molecular weight excluding hydrogens is 328 g/mol. The number of hydrogen-bond donors (Lipinski definition) is 1. The normalized spacial score (nSPS) is 18.8. The van der Waals surface area contributed by atoms with Gasteiger partial charge < -0.3 is 10.1 Å². The van der Waals surface area contributed by atoms with Crippen molar-refractivity contribution in [2.75, 3.05) is 25.1 Å². The van der Waals surface area contributed by atoms with Crippen molar-refractivity contribution in [1.82, 2.24) is 15.3 Å². The largest absolute Gasteiger partial charge is 0.494 e. The van der Waals surface area contributed by atoms with Crippen molar-refractivity contribution in [2.45, 2.75) is 18.4 Å². The topological polar surface area (TPSA) is 67.4 Å². The van der Waals surface area contributed by atoms with Gasteiger partial charge in [-0.25, -0.2) is 9.97 Å². The third kappa shape index (κ3) is 2.52. The SMILES string of the molecule is COc1cnc(Cl)cc1-c1ccnc(N2CCNC3(CC3)C2=O)c1. The summed E-state index contributed by atoms with van der Waals surface area (Å²) >= 11 is 6.03. The highest BCUT2D eigenvalue weighted by Gasteiger charge is 2.53. The first-order valence-electron chi connectivity index (χ1n) is 7.86. The fraction of sp³-hybridized carbons (Fsp3) is 0.353. The minimum atomic E-state index is -0.354. The number of nitrogens with one attached hydrogen (secondary N) is 1. The van der Waals surface area contributed by atoms with Crippen molar-refractivity contribution >= 4 is 23.3 Å². The summed E-state index contributed by atoms with van der Waals surface area (Å²) in [5.41, 5.74) is 1.36. The third-order valence-corrected chi connectivity index (χ3v) is 4.80. The van der Waals surface area contributed by atoms with Crippen LogP contribution >= 0.6 is 11.6 Å². The molecule has 7 heteroatoms. The van der Waals surface area contributed by atoms with Crippen LogP contribution in [-0.4, -0.2) is 41.6 Å². The first kappa shape index (κ1) is 15.4. The molecular formula is C17H17ClN4O2. The molecule has 1 N–H and O–H groups in total. The van der Waals surface area contributed by atoms with Crippen LogP contribution in [0.4, 0.5) is 5.82 Å². The van der Waals surface area contributed by atoms with Gasteiger partial charge in [0, 0.05) is 24.8 Å². The fourth-order valence-electron chi connectivity index (χ4n) is 3.12. The van der Waals surface area contributed by atoms with E-state index in [1.165, 1.54) is 0 Å². The summed E-state index contributed by atoms with van der Waals surface area (Å²) in [4.78, 5) is 22.9. The van der Waals surface area contributed by atoms with Gasteiger partial charge in [0.05, 0.1) is 18.8 Å². The van der Waals surface area contributed by atoms with Gasteiger partial charge in [-0.15, -0.1) is 0 Å². The van der Waals surface area contributed by atoms with Crippen LogP contribution < -0.4 is 15.0 Å². The zero-order valence-corrected chi connectivity index (χ0v) is 14.0. The zero-order chi connectivity index (χ0) is 16.7. The van der Waals surface area contributed by atoms with Crippen LogP contribution in [0, 0.1) is 0 Å². The first-order chi connectivity index (χ1) is 11.6. The van der Waals surface area contributed by atoms with Crippen molar-refractivity contribution in [3.8, 4) is 16.9 Å². The van der Waals surface area contributed by atoms with Crippen molar-refractivity contribution in [1.29, 1.82) is 0 Å². The Balaban J connectivity index is 1.72. The number of anilines is 1. The van der Waals surface area contributed by atoms with E-state index in [4.69, 9.17) is 16.3 Å². The van der Waals surface area contributed by atoms with Crippen LogP contribution in [0.25, 0.3) is 11.1 Å². The number of carbonyl (C=O) groups is 1. The van der Waals surface area contributed by atoms with Crippen LogP contribution in [0.1, 0.15) is 12.8 Å². The highest BCUT2D eigenvalue weighted by molar-refractivity contribution is 6.29. The second-order valence-corrected chi connectivity index (χ2v) is 6.46. The van der Waals surface area contributed by atoms with E-state index >= 15 is 0 Å². The van der Waals surface area contributed by atoms with E-state index in [2.05, 4.69) is 15.3 Å². The number of pyridine rings is 2. The number of amides is 1. The van der Waals surface area contributed by atoms with Crippen LogP contribution in [0.5, 0.6) is 5.75 Å². The molecule has 2 aliphatic rings. The summed E-state index contributed by atoms with van der Waals surface area (Å²) in [5.74, 6) is 1.39. The average molecular weight is 345 g/mol. The molecule has 3 heterocycles. The van der Waals surface area contributed by atoms with Gasteiger partial charge in [-0.05, 0) is 36.6 Å². The molecule has 0 bridgehead atoms. The van der Waals surface area contributed by atoms with Crippen LogP contribution in [0.2, 0.25) is 5.15 Å². The quantitative estimate of drug-likeness (QED) is 0.865. The summed E-state index contributed by atoms with van der Waals surface area (Å²) in [6, 6.07) is 5.52. The van der Waals surface area contributed by atoms with E-state index in [0.29, 0.717) is 23.3 Å². The molecule has 124 valence electrons. The van der Waals surface area contributed by atoms with Crippen molar-refractivity contribution in [3.05, 3.63) is 35.7 Å². The molecule has 2 aromatic heterocycles. The van der Waals surface area contributed by atoms with Gasteiger partial charge in [-0.2, -0.15) is 0 Å². The minimum absolute atomic E-state index is 0.109. The van der Waals surface area contributed by atoms with E-state index in [1.54, 1.807) is 30.5 Å². The molecule has 2 aromatic rings. The van der Waals surface area contributed by atoms with Crippen LogP contribution in [-0.2, 0) is 4.79 Å². The molecule has 0 atom stereocenters. The minimum Gasteiger partial charge on any atom is -0.494 e. The number of methoxy groups -OCH3 is 1. The Hall–Kier alpha value is -2.18. The molecule has 1 amide bonds. The molecule has 1 saturated carbocycles. The van der Waals surface area contributed by atoms with E-state index < -0.39 is 0 Å². The predicted molar refractivity (Wildman–Crippen MR) is 91.4 cm³/mol. The van der Waals surface area contributed by atoms with Crippen LogP contribution in [0.15, 0.2) is 30.6 Å². The number of nitrogens with zero attached hydrogens (tertiary/aromatic N) is 3. The fourth-order valence-corrected chi connectivity index (χ4v) is 3.27. The number of carbonyl (C=O) groups excluding carboxylic acids is 1. The lowest BCUT2D eigenvalue weighted by atomic mass is 10.1. The van der Waals surface area contributed by atoms with Gasteiger partial charge in [0.25, 0.3) is 0 Å². The summed E-state index contributed by atoms with van der Waals surface area (Å²) in [6.45, 7) is 1.40. The maximum Gasteiger partial charge on any atom is 0.248 e. The molecule has 0 radical (unpaired) electrons.